The van der Waals surface area contributed by atoms with E-state index < -0.39 is 17.8 Å². The summed E-state index contributed by atoms with van der Waals surface area (Å²) in [5.74, 6) is -2.27. The van der Waals surface area contributed by atoms with E-state index in [1.165, 1.54) is 18.2 Å². The van der Waals surface area contributed by atoms with Crippen molar-refractivity contribution in [3.8, 4) is 5.75 Å². The molecule has 0 aliphatic carbocycles. The number of esters is 1. The molecule has 1 aliphatic heterocycles. The minimum absolute atomic E-state index is 0.0114. The molecule has 1 amide bonds. The first-order chi connectivity index (χ1) is 7.56. The molecule has 1 aromatic rings. The molecule has 1 aliphatic rings. The van der Waals surface area contributed by atoms with E-state index in [1.54, 1.807) is 0 Å². The van der Waals surface area contributed by atoms with Crippen molar-refractivity contribution in [2.45, 2.75) is 6.42 Å². The second kappa shape index (κ2) is 3.65. The Labute approximate surface area is 89.8 Å². The number of fused-ring (bicyclic) bond motifs is 1. The average molecular weight is 221 g/mol. The van der Waals surface area contributed by atoms with Crippen molar-refractivity contribution < 1.29 is 24.2 Å². The van der Waals surface area contributed by atoms with E-state index in [-0.39, 0.29) is 17.7 Å². The van der Waals surface area contributed by atoms with Crippen LogP contribution in [0.5, 0.6) is 5.75 Å². The molecular formula is C10H7NO5. The Hall–Kier alpha value is -2.37. The normalized spacial score (nSPS) is 14.5. The Morgan fingerprint density at radius 3 is 2.81 bits per heavy atom. The molecule has 1 aromatic carbocycles. The molecule has 0 saturated carbocycles. The number of benzene rings is 1. The van der Waals surface area contributed by atoms with Gasteiger partial charge in [-0.1, -0.05) is 0 Å². The van der Waals surface area contributed by atoms with E-state index >= 15 is 0 Å². The summed E-state index contributed by atoms with van der Waals surface area (Å²) in [4.78, 5) is 32.9. The van der Waals surface area contributed by atoms with Crippen molar-refractivity contribution in [1.82, 2.24) is 0 Å². The summed E-state index contributed by atoms with van der Waals surface area (Å²) in [5, 5.41) is 11.2. The lowest BCUT2D eigenvalue weighted by Gasteiger charge is -2.05. The number of hydrogen-bond donors (Lipinski definition) is 2. The van der Waals surface area contributed by atoms with Gasteiger partial charge in [0.1, 0.15) is 6.42 Å². The standard InChI is InChI=1S/C10H7NO5/c12-8-4-9(13)16-7-3-5(10(14)15)1-2-6(7)11-8/h1-3H,4H2,(H,11,12)(H,14,15). The summed E-state index contributed by atoms with van der Waals surface area (Å²) in [6.45, 7) is 0. The Morgan fingerprint density at radius 2 is 2.12 bits per heavy atom. The lowest BCUT2D eigenvalue weighted by molar-refractivity contribution is -0.136. The van der Waals surface area contributed by atoms with E-state index in [1.807, 2.05) is 0 Å². The number of carbonyl (C=O) groups is 3. The van der Waals surface area contributed by atoms with Crippen LogP contribution in [0, 0.1) is 0 Å². The number of carboxylic acid groups (broad SMARTS) is 1. The number of carbonyl (C=O) groups excluding carboxylic acids is 2. The number of anilines is 1. The molecule has 2 N–H and O–H groups in total. The number of nitrogens with one attached hydrogen (secondary N) is 1. The first-order valence-corrected chi connectivity index (χ1v) is 4.44. The number of rotatable bonds is 1. The van der Waals surface area contributed by atoms with Gasteiger partial charge in [-0.3, -0.25) is 9.59 Å². The van der Waals surface area contributed by atoms with Gasteiger partial charge >= 0.3 is 11.9 Å². The lowest BCUT2D eigenvalue weighted by Crippen LogP contribution is -2.14. The fraction of sp³-hybridized carbons (Fsp3) is 0.100. The smallest absolute Gasteiger partial charge is 0.335 e. The maximum Gasteiger partial charge on any atom is 0.335 e. The Balaban J connectivity index is 2.46. The Kier molecular flexibility index (Phi) is 2.32. The van der Waals surface area contributed by atoms with Gasteiger partial charge in [0.25, 0.3) is 0 Å². The van der Waals surface area contributed by atoms with Crippen LogP contribution >= 0.6 is 0 Å². The quantitative estimate of drug-likeness (QED) is 0.412. The second-order valence-corrected chi connectivity index (χ2v) is 3.22. The number of carboxylic acids is 1. The molecule has 0 unspecified atom stereocenters. The minimum atomic E-state index is -1.13. The third-order valence-corrected chi connectivity index (χ3v) is 2.03. The van der Waals surface area contributed by atoms with E-state index in [9.17, 15) is 14.4 Å². The molecule has 6 heteroatoms. The van der Waals surface area contributed by atoms with Gasteiger partial charge in [0.05, 0.1) is 11.3 Å². The summed E-state index contributed by atoms with van der Waals surface area (Å²) in [6, 6.07) is 3.90. The van der Waals surface area contributed by atoms with Crippen LogP contribution in [0.2, 0.25) is 0 Å². The van der Waals surface area contributed by atoms with Gasteiger partial charge in [0, 0.05) is 0 Å². The van der Waals surface area contributed by atoms with E-state index in [0.717, 1.165) is 0 Å². The monoisotopic (exact) mass is 221 g/mol. The molecule has 0 bridgehead atoms. The molecule has 0 fully saturated rings. The second-order valence-electron chi connectivity index (χ2n) is 3.22. The van der Waals surface area contributed by atoms with Gasteiger partial charge in [-0.2, -0.15) is 0 Å². The van der Waals surface area contributed by atoms with Crippen molar-refractivity contribution in [3.63, 3.8) is 0 Å². The maximum absolute atomic E-state index is 11.1. The van der Waals surface area contributed by atoms with Crippen molar-refractivity contribution in [2.75, 3.05) is 5.32 Å². The fourth-order valence-corrected chi connectivity index (χ4v) is 1.33. The number of amides is 1. The topological polar surface area (TPSA) is 92.7 Å². The predicted molar refractivity (Wildman–Crippen MR) is 52.3 cm³/mol. The van der Waals surface area contributed by atoms with Crippen LogP contribution in [0.4, 0.5) is 5.69 Å². The van der Waals surface area contributed by atoms with Gasteiger partial charge in [-0.05, 0) is 18.2 Å². The molecule has 16 heavy (non-hydrogen) atoms. The van der Waals surface area contributed by atoms with Crippen LogP contribution in [0.25, 0.3) is 0 Å². The molecule has 0 spiro atoms. The highest BCUT2D eigenvalue weighted by Crippen LogP contribution is 2.28. The van der Waals surface area contributed by atoms with Crippen LogP contribution < -0.4 is 10.1 Å². The predicted octanol–water partition coefficient (Wildman–Crippen LogP) is 0.632. The largest absolute Gasteiger partial charge is 0.478 e. The highest BCUT2D eigenvalue weighted by atomic mass is 16.5. The average Bonchev–Trinajstić information content (AvgIpc) is 2.32. The van der Waals surface area contributed by atoms with Gasteiger partial charge in [0.15, 0.2) is 5.75 Å². The Bertz CT molecular complexity index is 494. The number of aromatic carboxylic acids is 1. The summed E-state index contributed by atoms with van der Waals surface area (Å²) in [6.07, 6.45) is -0.378. The summed E-state index contributed by atoms with van der Waals surface area (Å²) in [7, 11) is 0. The van der Waals surface area contributed by atoms with Gasteiger partial charge < -0.3 is 15.2 Å². The zero-order valence-electron chi connectivity index (χ0n) is 8.02. The number of hydrogen-bond acceptors (Lipinski definition) is 4. The third-order valence-electron chi connectivity index (χ3n) is 2.03. The summed E-state index contributed by atoms with van der Waals surface area (Å²) < 4.78 is 4.83. The van der Waals surface area contributed by atoms with Gasteiger partial charge in [-0.25, -0.2) is 4.79 Å². The van der Waals surface area contributed by atoms with Crippen LogP contribution in [0.3, 0.4) is 0 Å². The molecule has 1 heterocycles. The van der Waals surface area contributed by atoms with Crippen LogP contribution in [0.1, 0.15) is 16.8 Å². The SMILES string of the molecule is O=C1CC(=O)Oc2cc(C(=O)O)ccc2N1. The molecule has 82 valence electrons. The molecule has 0 radical (unpaired) electrons. The first kappa shape index (κ1) is 10.2. The van der Waals surface area contributed by atoms with Crippen LogP contribution in [-0.2, 0) is 9.59 Å². The maximum atomic E-state index is 11.1. The molecule has 0 saturated heterocycles. The highest BCUT2D eigenvalue weighted by Gasteiger charge is 2.21. The molecule has 0 aromatic heterocycles. The van der Waals surface area contributed by atoms with Gasteiger partial charge in [0.2, 0.25) is 5.91 Å². The van der Waals surface area contributed by atoms with Crippen molar-refractivity contribution in [1.29, 1.82) is 0 Å². The summed E-state index contributed by atoms with van der Waals surface area (Å²) >= 11 is 0. The Morgan fingerprint density at radius 1 is 1.38 bits per heavy atom. The van der Waals surface area contributed by atoms with Crippen LogP contribution in [0.15, 0.2) is 18.2 Å². The fourth-order valence-electron chi connectivity index (χ4n) is 1.33. The number of ether oxygens (including phenoxy) is 1. The lowest BCUT2D eigenvalue weighted by atomic mass is 10.2. The van der Waals surface area contributed by atoms with Crippen molar-refractivity contribution in [3.05, 3.63) is 23.8 Å². The zero-order chi connectivity index (χ0) is 11.7. The zero-order valence-corrected chi connectivity index (χ0v) is 8.02. The molecule has 0 atom stereocenters. The highest BCUT2D eigenvalue weighted by molar-refractivity contribution is 6.05. The first-order valence-electron chi connectivity index (χ1n) is 4.44. The van der Waals surface area contributed by atoms with Crippen LogP contribution in [-0.4, -0.2) is 23.0 Å². The van der Waals surface area contributed by atoms with E-state index in [4.69, 9.17) is 9.84 Å². The van der Waals surface area contributed by atoms with E-state index in [2.05, 4.69) is 5.32 Å². The summed E-state index contributed by atoms with van der Waals surface area (Å²) in [5.41, 5.74) is 0.281. The minimum Gasteiger partial charge on any atom is -0.478 e. The van der Waals surface area contributed by atoms with E-state index in [0.29, 0.717) is 5.69 Å². The van der Waals surface area contributed by atoms with Gasteiger partial charge in [-0.15, -0.1) is 0 Å². The molecular weight excluding hydrogens is 214 g/mol. The third kappa shape index (κ3) is 1.85. The van der Waals surface area contributed by atoms with Crippen molar-refractivity contribution >= 4 is 23.5 Å². The molecule has 6 nitrogen and oxygen atoms in total. The van der Waals surface area contributed by atoms with Crippen molar-refractivity contribution in [2.24, 2.45) is 0 Å². The molecule has 2 rings (SSSR count).